The average molecular weight is 402 g/mol. The average Bonchev–Trinajstić information content (AvgIpc) is 2.90. The van der Waals surface area contributed by atoms with Gasteiger partial charge in [-0.1, -0.05) is 0 Å². The Bertz CT molecular complexity index is 714. The maximum Gasteiger partial charge on any atom is 0.230 e. The van der Waals surface area contributed by atoms with Crippen molar-refractivity contribution in [2.24, 2.45) is 23.2 Å². The predicted octanol–water partition coefficient (Wildman–Crippen LogP) is 4.66. The first-order chi connectivity index (χ1) is 13.6. The maximum atomic E-state index is 12.7. The van der Waals surface area contributed by atoms with E-state index in [9.17, 15) is 4.79 Å². The Hall–Kier alpha value is -1.36. The fraction of sp³-hybridized carbons (Fsp3) is 0.696. The first-order valence-corrected chi connectivity index (χ1v) is 11.9. The van der Waals surface area contributed by atoms with Gasteiger partial charge in [-0.15, -0.1) is 11.8 Å². The Morgan fingerprint density at radius 3 is 2.43 bits per heavy atom. The number of hydrogen-bond acceptors (Lipinski definition) is 4. The zero-order chi connectivity index (χ0) is 19.1. The lowest BCUT2D eigenvalue weighted by atomic mass is 9.48. The fourth-order valence-corrected chi connectivity index (χ4v) is 7.26. The van der Waals surface area contributed by atoms with E-state index in [1.807, 2.05) is 18.2 Å². The van der Waals surface area contributed by atoms with Crippen molar-refractivity contribution >= 4 is 17.7 Å². The minimum atomic E-state index is 0.153. The largest absolute Gasteiger partial charge is 0.490 e. The van der Waals surface area contributed by atoms with Crippen LogP contribution < -0.4 is 14.8 Å². The van der Waals surface area contributed by atoms with Crippen molar-refractivity contribution < 1.29 is 14.3 Å². The fourth-order valence-electron chi connectivity index (χ4n) is 6.53. The molecule has 4 nitrogen and oxygen atoms in total. The third-order valence-corrected chi connectivity index (χ3v) is 8.46. The lowest BCUT2D eigenvalue weighted by molar-refractivity contribution is -0.123. The molecule has 152 valence electrons. The van der Waals surface area contributed by atoms with Gasteiger partial charge in [0.1, 0.15) is 0 Å². The Balaban J connectivity index is 1.17. The molecule has 1 aromatic carbocycles. The first-order valence-electron chi connectivity index (χ1n) is 10.9. The summed E-state index contributed by atoms with van der Waals surface area (Å²) in [6.07, 6.45) is 9.22. The molecule has 1 N–H and O–H groups in total. The molecule has 0 unspecified atom stereocenters. The van der Waals surface area contributed by atoms with Crippen molar-refractivity contribution in [2.75, 3.05) is 19.0 Å². The molecular formula is C23H31NO3S. The summed E-state index contributed by atoms with van der Waals surface area (Å²) in [7, 11) is 0. The molecule has 5 heteroatoms. The molecule has 1 aliphatic heterocycles. The van der Waals surface area contributed by atoms with Crippen LogP contribution in [0.1, 0.15) is 51.9 Å². The van der Waals surface area contributed by atoms with E-state index in [1.165, 1.54) is 38.5 Å². The third-order valence-electron chi connectivity index (χ3n) is 7.47. The summed E-state index contributed by atoms with van der Waals surface area (Å²) in [5.41, 5.74) is 0.365. The number of carbonyl (C=O) groups excluding carboxylic acids is 1. The number of benzene rings is 1. The van der Waals surface area contributed by atoms with Crippen LogP contribution in [-0.2, 0) is 4.79 Å². The highest BCUT2D eigenvalue weighted by atomic mass is 32.2. The van der Waals surface area contributed by atoms with E-state index in [-0.39, 0.29) is 11.9 Å². The van der Waals surface area contributed by atoms with Crippen molar-refractivity contribution in [1.82, 2.24) is 5.32 Å². The summed E-state index contributed by atoms with van der Waals surface area (Å²) in [5, 5.41) is 3.36. The smallest absolute Gasteiger partial charge is 0.230 e. The number of hydrogen-bond donors (Lipinski definition) is 1. The number of carbonyl (C=O) groups is 1. The van der Waals surface area contributed by atoms with E-state index in [0.29, 0.717) is 24.4 Å². The lowest BCUT2D eigenvalue weighted by Gasteiger charge is -2.59. The summed E-state index contributed by atoms with van der Waals surface area (Å²) in [5.74, 6) is 4.97. The van der Waals surface area contributed by atoms with Gasteiger partial charge in [0.25, 0.3) is 0 Å². The van der Waals surface area contributed by atoms with Crippen molar-refractivity contribution in [3.05, 3.63) is 18.2 Å². The van der Waals surface area contributed by atoms with Crippen LogP contribution in [0.15, 0.2) is 23.1 Å². The van der Waals surface area contributed by atoms with Crippen LogP contribution in [0.3, 0.4) is 0 Å². The van der Waals surface area contributed by atoms with Gasteiger partial charge in [0, 0.05) is 17.4 Å². The number of rotatable bonds is 5. The van der Waals surface area contributed by atoms with E-state index in [2.05, 4.69) is 12.2 Å². The first kappa shape index (κ1) is 18.7. The molecule has 1 atom stereocenters. The standard InChI is InChI=1S/C23H31NO3S/c1-15(23-11-16-7-17(12-23)9-18(8-16)13-23)24-22(25)14-28-19-3-4-20-21(10-19)27-6-2-5-26-20/h3-4,10,15-18H,2,5-9,11-14H2,1H3,(H,24,25)/t15-,16?,17?,18?,23?/m0/s1. The molecule has 5 aliphatic rings. The second-order valence-corrected chi connectivity index (χ2v) is 10.6. The van der Waals surface area contributed by atoms with Crippen molar-refractivity contribution in [3.63, 3.8) is 0 Å². The van der Waals surface area contributed by atoms with Crippen LogP contribution in [0.5, 0.6) is 11.5 Å². The Morgan fingerprint density at radius 2 is 1.75 bits per heavy atom. The van der Waals surface area contributed by atoms with Gasteiger partial charge in [-0.25, -0.2) is 0 Å². The van der Waals surface area contributed by atoms with Crippen LogP contribution in [0.2, 0.25) is 0 Å². The molecular weight excluding hydrogens is 370 g/mol. The molecule has 0 spiro atoms. The molecule has 6 rings (SSSR count). The van der Waals surface area contributed by atoms with E-state index in [4.69, 9.17) is 9.47 Å². The van der Waals surface area contributed by atoms with Crippen LogP contribution >= 0.6 is 11.8 Å². The highest BCUT2D eigenvalue weighted by Crippen LogP contribution is 2.61. The summed E-state index contributed by atoms with van der Waals surface area (Å²) in [4.78, 5) is 13.7. The molecule has 0 saturated heterocycles. The lowest BCUT2D eigenvalue weighted by Crippen LogP contribution is -2.56. The van der Waals surface area contributed by atoms with Crippen molar-refractivity contribution in [3.8, 4) is 11.5 Å². The Morgan fingerprint density at radius 1 is 1.11 bits per heavy atom. The minimum Gasteiger partial charge on any atom is -0.490 e. The number of thioether (sulfide) groups is 1. The molecule has 4 fully saturated rings. The molecule has 4 aliphatic carbocycles. The zero-order valence-corrected chi connectivity index (χ0v) is 17.6. The van der Waals surface area contributed by atoms with Crippen LogP contribution in [0.25, 0.3) is 0 Å². The molecule has 4 bridgehead atoms. The SMILES string of the molecule is C[C@H](NC(=O)CSc1ccc2c(c1)OCCCO2)C12CC3CC(CC(C3)C1)C2. The van der Waals surface area contributed by atoms with Gasteiger partial charge in [-0.05, 0) is 86.8 Å². The van der Waals surface area contributed by atoms with Crippen molar-refractivity contribution in [2.45, 2.75) is 62.8 Å². The van der Waals surface area contributed by atoms with Gasteiger partial charge in [0.15, 0.2) is 11.5 Å². The van der Waals surface area contributed by atoms with Gasteiger partial charge in [0.05, 0.1) is 19.0 Å². The molecule has 1 amide bonds. The molecule has 1 heterocycles. The highest BCUT2D eigenvalue weighted by Gasteiger charge is 2.53. The van der Waals surface area contributed by atoms with Crippen molar-refractivity contribution in [1.29, 1.82) is 0 Å². The molecule has 0 aromatic heterocycles. The van der Waals surface area contributed by atoms with Crippen LogP contribution in [0, 0.1) is 23.2 Å². The highest BCUT2D eigenvalue weighted by molar-refractivity contribution is 8.00. The van der Waals surface area contributed by atoms with Gasteiger partial charge < -0.3 is 14.8 Å². The summed E-state index contributed by atoms with van der Waals surface area (Å²) < 4.78 is 11.4. The number of fused-ring (bicyclic) bond motifs is 1. The van der Waals surface area contributed by atoms with Gasteiger partial charge >= 0.3 is 0 Å². The molecule has 28 heavy (non-hydrogen) atoms. The Kier molecular flexibility index (Phi) is 4.98. The number of amides is 1. The zero-order valence-electron chi connectivity index (χ0n) is 16.7. The molecule has 1 aromatic rings. The summed E-state index contributed by atoms with van der Waals surface area (Å²) >= 11 is 1.58. The minimum absolute atomic E-state index is 0.153. The summed E-state index contributed by atoms with van der Waals surface area (Å²) in [6, 6.07) is 6.27. The van der Waals surface area contributed by atoms with E-state index in [1.54, 1.807) is 11.8 Å². The predicted molar refractivity (Wildman–Crippen MR) is 111 cm³/mol. The quantitative estimate of drug-likeness (QED) is 0.729. The van der Waals surface area contributed by atoms with E-state index in [0.717, 1.165) is 40.6 Å². The monoisotopic (exact) mass is 401 g/mol. The van der Waals surface area contributed by atoms with E-state index < -0.39 is 0 Å². The molecule has 4 saturated carbocycles. The van der Waals surface area contributed by atoms with Crippen LogP contribution in [-0.4, -0.2) is 30.9 Å². The normalized spacial score (nSPS) is 34.0. The number of nitrogens with one attached hydrogen (secondary N) is 1. The topological polar surface area (TPSA) is 47.6 Å². The van der Waals surface area contributed by atoms with Crippen LogP contribution in [0.4, 0.5) is 0 Å². The van der Waals surface area contributed by atoms with Gasteiger partial charge in [0.2, 0.25) is 5.91 Å². The second-order valence-electron chi connectivity index (χ2n) is 9.52. The van der Waals surface area contributed by atoms with Gasteiger partial charge in [-0.2, -0.15) is 0 Å². The Labute approximate surface area is 172 Å². The molecule has 0 radical (unpaired) electrons. The number of ether oxygens (including phenoxy) is 2. The second kappa shape index (κ2) is 7.47. The van der Waals surface area contributed by atoms with Gasteiger partial charge in [-0.3, -0.25) is 4.79 Å². The van der Waals surface area contributed by atoms with E-state index >= 15 is 0 Å². The summed E-state index contributed by atoms with van der Waals surface area (Å²) in [6.45, 7) is 3.64. The maximum absolute atomic E-state index is 12.7. The third kappa shape index (κ3) is 3.62.